The number of aryl methyl sites for hydroxylation is 1. The molecule has 8 heteroatoms. The largest absolute Gasteiger partial charge is 0.335 e. The molecule has 2 N–H and O–H groups in total. The van der Waals surface area contributed by atoms with E-state index >= 15 is 0 Å². The highest BCUT2D eigenvalue weighted by atomic mass is 32.1. The standard InChI is InChI=1S/C17H17N5O2S/c1-11-10-25-14(20-11)9-22(2)16(24)13-5-3-4-12(8-13)15(23)21-17-18-6-7-19-17/h3-8,10H,9H2,1-2H3,(H2,18,19,21,23). The normalized spacial score (nSPS) is 10.5. The van der Waals surface area contributed by atoms with Crippen molar-refractivity contribution in [3.05, 3.63) is 63.9 Å². The number of H-pyrrole nitrogens is 1. The van der Waals surface area contributed by atoms with Crippen LogP contribution in [0.25, 0.3) is 0 Å². The molecule has 0 fully saturated rings. The molecule has 0 aliphatic rings. The Morgan fingerprint density at radius 3 is 2.80 bits per heavy atom. The van der Waals surface area contributed by atoms with E-state index in [1.807, 2.05) is 12.3 Å². The quantitative estimate of drug-likeness (QED) is 0.736. The molecule has 3 aromatic rings. The van der Waals surface area contributed by atoms with Crippen LogP contribution in [0.15, 0.2) is 42.0 Å². The number of carbonyl (C=O) groups excluding carboxylic acids is 2. The maximum atomic E-state index is 12.6. The van der Waals surface area contributed by atoms with Gasteiger partial charge in [-0.1, -0.05) is 6.07 Å². The van der Waals surface area contributed by atoms with Crippen molar-refractivity contribution in [1.29, 1.82) is 0 Å². The number of aromatic amines is 1. The third-order valence-electron chi connectivity index (χ3n) is 3.49. The monoisotopic (exact) mass is 355 g/mol. The summed E-state index contributed by atoms with van der Waals surface area (Å²) in [6.45, 7) is 2.35. The lowest BCUT2D eigenvalue weighted by molar-refractivity contribution is 0.0785. The predicted molar refractivity (Wildman–Crippen MR) is 95.6 cm³/mol. The number of nitrogens with zero attached hydrogens (tertiary/aromatic N) is 3. The number of hydrogen-bond donors (Lipinski definition) is 2. The molecular formula is C17H17N5O2S. The van der Waals surface area contributed by atoms with Crippen molar-refractivity contribution in [2.45, 2.75) is 13.5 Å². The van der Waals surface area contributed by atoms with Crippen LogP contribution < -0.4 is 5.32 Å². The summed E-state index contributed by atoms with van der Waals surface area (Å²) in [5.41, 5.74) is 1.78. The minimum atomic E-state index is -0.331. The maximum Gasteiger partial charge on any atom is 0.257 e. The van der Waals surface area contributed by atoms with Crippen LogP contribution in [0.3, 0.4) is 0 Å². The highest BCUT2D eigenvalue weighted by molar-refractivity contribution is 7.09. The van der Waals surface area contributed by atoms with Crippen LogP contribution in [-0.2, 0) is 6.54 Å². The van der Waals surface area contributed by atoms with E-state index in [-0.39, 0.29) is 11.8 Å². The van der Waals surface area contributed by atoms with Crippen molar-refractivity contribution in [3.8, 4) is 0 Å². The average molecular weight is 355 g/mol. The van der Waals surface area contributed by atoms with Gasteiger partial charge in [0.05, 0.1) is 6.54 Å². The summed E-state index contributed by atoms with van der Waals surface area (Å²) >= 11 is 1.52. The van der Waals surface area contributed by atoms with Crippen LogP contribution >= 0.6 is 11.3 Å². The fraction of sp³-hybridized carbons (Fsp3) is 0.176. The molecule has 128 valence electrons. The van der Waals surface area contributed by atoms with E-state index < -0.39 is 0 Å². The molecule has 0 saturated carbocycles. The second-order valence-corrected chi connectivity index (χ2v) is 6.46. The molecule has 25 heavy (non-hydrogen) atoms. The molecule has 0 unspecified atom stereocenters. The molecule has 2 heterocycles. The van der Waals surface area contributed by atoms with Gasteiger partial charge in [0.25, 0.3) is 11.8 Å². The summed E-state index contributed by atoms with van der Waals surface area (Å²) in [4.78, 5) is 37.5. The van der Waals surface area contributed by atoms with Crippen molar-refractivity contribution >= 4 is 29.1 Å². The molecule has 0 bridgehead atoms. The van der Waals surface area contributed by atoms with Gasteiger partial charge in [-0.25, -0.2) is 9.97 Å². The molecular weight excluding hydrogens is 338 g/mol. The van der Waals surface area contributed by atoms with Gasteiger partial charge in [0, 0.05) is 41.6 Å². The number of imidazole rings is 1. The fourth-order valence-corrected chi connectivity index (χ4v) is 3.10. The molecule has 2 aromatic heterocycles. The zero-order valence-corrected chi connectivity index (χ0v) is 14.6. The van der Waals surface area contributed by atoms with Gasteiger partial charge in [-0.05, 0) is 25.1 Å². The first-order valence-electron chi connectivity index (χ1n) is 7.60. The molecule has 0 aliphatic carbocycles. The van der Waals surface area contributed by atoms with Crippen molar-refractivity contribution in [2.24, 2.45) is 0 Å². The Hall–Kier alpha value is -3.00. The zero-order chi connectivity index (χ0) is 17.8. The molecule has 0 saturated heterocycles. The van der Waals surface area contributed by atoms with Gasteiger partial charge >= 0.3 is 0 Å². The van der Waals surface area contributed by atoms with Crippen LogP contribution in [0.1, 0.15) is 31.4 Å². The molecule has 3 rings (SSSR count). The van der Waals surface area contributed by atoms with Crippen LogP contribution in [-0.4, -0.2) is 38.7 Å². The van der Waals surface area contributed by atoms with Crippen molar-refractivity contribution in [3.63, 3.8) is 0 Å². The van der Waals surface area contributed by atoms with Crippen molar-refractivity contribution in [1.82, 2.24) is 19.9 Å². The first kappa shape index (κ1) is 16.8. The topological polar surface area (TPSA) is 91.0 Å². The number of benzene rings is 1. The highest BCUT2D eigenvalue weighted by Gasteiger charge is 2.16. The number of rotatable bonds is 5. The number of aromatic nitrogens is 3. The van der Waals surface area contributed by atoms with Crippen molar-refractivity contribution in [2.75, 3.05) is 12.4 Å². The number of carbonyl (C=O) groups is 2. The van der Waals surface area contributed by atoms with E-state index in [0.29, 0.717) is 23.6 Å². The zero-order valence-electron chi connectivity index (χ0n) is 13.8. The molecule has 2 amide bonds. The summed E-state index contributed by atoms with van der Waals surface area (Å²) < 4.78 is 0. The minimum Gasteiger partial charge on any atom is -0.335 e. The SMILES string of the molecule is Cc1csc(CN(C)C(=O)c2cccc(C(=O)Nc3ncc[nH]3)c2)n1. The summed E-state index contributed by atoms with van der Waals surface area (Å²) in [5, 5.41) is 5.46. The third-order valence-corrected chi connectivity index (χ3v) is 4.44. The second-order valence-electron chi connectivity index (χ2n) is 5.52. The molecule has 0 aliphatic heterocycles. The van der Waals surface area contributed by atoms with E-state index in [1.165, 1.54) is 11.3 Å². The van der Waals surface area contributed by atoms with Gasteiger partial charge in [-0.2, -0.15) is 0 Å². The predicted octanol–water partition coefficient (Wildman–Crippen LogP) is 2.70. The van der Waals surface area contributed by atoms with Gasteiger partial charge < -0.3 is 9.88 Å². The van der Waals surface area contributed by atoms with Crippen molar-refractivity contribution < 1.29 is 9.59 Å². The summed E-state index contributed by atoms with van der Waals surface area (Å²) in [5.74, 6) is -0.138. The lowest BCUT2D eigenvalue weighted by atomic mass is 10.1. The number of nitrogens with one attached hydrogen (secondary N) is 2. The van der Waals surface area contributed by atoms with E-state index in [4.69, 9.17) is 0 Å². The number of thiazole rings is 1. The number of anilines is 1. The smallest absolute Gasteiger partial charge is 0.257 e. The van der Waals surface area contributed by atoms with Crippen LogP contribution in [0.4, 0.5) is 5.95 Å². The number of hydrogen-bond acceptors (Lipinski definition) is 5. The highest BCUT2D eigenvalue weighted by Crippen LogP contribution is 2.14. The van der Waals surface area contributed by atoms with E-state index in [0.717, 1.165) is 10.7 Å². The Morgan fingerprint density at radius 2 is 2.12 bits per heavy atom. The maximum absolute atomic E-state index is 12.6. The Labute approximate surface area is 148 Å². The Morgan fingerprint density at radius 1 is 1.32 bits per heavy atom. The van der Waals surface area contributed by atoms with Gasteiger partial charge in [0.2, 0.25) is 5.95 Å². The van der Waals surface area contributed by atoms with Gasteiger partial charge in [-0.15, -0.1) is 11.3 Å². The molecule has 0 spiro atoms. The molecule has 1 aromatic carbocycles. The first-order valence-corrected chi connectivity index (χ1v) is 8.48. The van der Waals surface area contributed by atoms with Gasteiger partial charge in [-0.3, -0.25) is 14.9 Å². The third kappa shape index (κ3) is 4.10. The first-order chi connectivity index (χ1) is 12.0. The van der Waals surface area contributed by atoms with Crippen LogP contribution in [0.2, 0.25) is 0 Å². The van der Waals surface area contributed by atoms with E-state index in [9.17, 15) is 9.59 Å². The Bertz CT molecular complexity index is 888. The minimum absolute atomic E-state index is 0.166. The lowest BCUT2D eigenvalue weighted by Gasteiger charge is -2.16. The summed E-state index contributed by atoms with van der Waals surface area (Å²) in [6.07, 6.45) is 3.16. The molecule has 0 atom stereocenters. The average Bonchev–Trinajstić information content (AvgIpc) is 3.26. The summed E-state index contributed by atoms with van der Waals surface area (Å²) in [7, 11) is 1.72. The fourth-order valence-electron chi connectivity index (χ4n) is 2.28. The van der Waals surface area contributed by atoms with Gasteiger partial charge in [0.15, 0.2) is 0 Å². The number of amides is 2. The summed E-state index contributed by atoms with van der Waals surface area (Å²) in [6, 6.07) is 6.60. The van der Waals surface area contributed by atoms with E-state index in [1.54, 1.807) is 48.6 Å². The molecule has 0 radical (unpaired) electrons. The Kier molecular flexibility index (Phi) is 4.90. The lowest BCUT2D eigenvalue weighted by Crippen LogP contribution is -2.26. The second kappa shape index (κ2) is 7.27. The van der Waals surface area contributed by atoms with Gasteiger partial charge in [0.1, 0.15) is 5.01 Å². The molecule has 7 nitrogen and oxygen atoms in total. The Balaban J connectivity index is 1.71. The van der Waals surface area contributed by atoms with Crippen LogP contribution in [0, 0.1) is 6.92 Å². The van der Waals surface area contributed by atoms with E-state index in [2.05, 4.69) is 20.3 Å². The van der Waals surface area contributed by atoms with Crippen LogP contribution in [0.5, 0.6) is 0 Å².